The van der Waals surface area contributed by atoms with Gasteiger partial charge in [-0.1, -0.05) is 25.5 Å². The van der Waals surface area contributed by atoms with Gasteiger partial charge in [-0.25, -0.2) is 0 Å². The normalized spacial score (nSPS) is 11.4. The van der Waals surface area contributed by atoms with Crippen molar-refractivity contribution in [2.45, 2.75) is 19.4 Å². The van der Waals surface area contributed by atoms with Gasteiger partial charge in [0.15, 0.2) is 0 Å². The standard InChI is InChI=1S/C10H14F2OSi/c1-3-8-14(11,12)10-6-4-9(13-2)5-7-10/h4-7H,3,8H2,1-2H3. The predicted octanol–water partition coefficient (Wildman–Crippen LogP) is 2.69. The second-order valence-electron chi connectivity index (χ2n) is 3.18. The molecule has 0 aliphatic rings. The van der Waals surface area contributed by atoms with Crippen LogP contribution in [0.1, 0.15) is 13.3 Å². The van der Waals surface area contributed by atoms with Crippen molar-refractivity contribution < 1.29 is 13.0 Å². The molecule has 0 radical (unpaired) electrons. The summed E-state index contributed by atoms with van der Waals surface area (Å²) in [6, 6.07) is 6.15. The van der Waals surface area contributed by atoms with Crippen molar-refractivity contribution in [1.29, 1.82) is 0 Å². The molecule has 4 heteroatoms. The van der Waals surface area contributed by atoms with Gasteiger partial charge in [-0.15, -0.1) is 0 Å². The third-order valence-corrected chi connectivity index (χ3v) is 4.38. The summed E-state index contributed by atoms with van der Waals surface area (Å²) in [4.78, 5) is 0. The largest absolute Gasteiger partial charge is 0.497 e. The van der Waals surface area contributed by atoms with Crippen LogP contribution in [0, 0.1) is 0 Å². The predicted molar refractivity (Wildman–Crippen MR) is 55.7 cm³/mol. The topological polar surface area (TPSA) is 9.23 Å². The van der Waals surface area contributed by atoms with Gasteiger partial charge >= 0.3 is 8.74 Å². The molecule has 1 aromatic rings. The molecule has 0 unspecified atom stereocenters. The van der Waals surface area contributed by atoms with Crippen LogP contribution in [0.4, 0.5) is 8.22 Å². The summed E-state index contributed by atoms with van der Waals surface area (Å²) in [5, 5.41) is 0.195. The Kier molecular flexibility index (Phi) is 3.63. The van der Waals surface area contributed by atoms with Crippen molar-refractivity contribution in [1.82, 2.24) is 0 Å². The second kappa shape index (κ2) is 4.55. The maximum atomic E-state index is 13.5. The number of hydrogen-bond donors (Lipinski definition) is 0. The Hall–Kier alpha value is -0.903. The molecular formula is C10H14F2OSi. The van der Waals surface area contributed by atoms with E-state index >= 15 is 0 Å². The van der Waals surface area contributed by atoms with Crippen LogP contribution >= 0.6 is 0 Å². The highest BCUT2D eigenvalue weighted by atomic mass is 28.4. The molecule has 0 fully saturated rings. The van der Waals surface area contributed by atoms with Crippen molar-refractivity contribution in [3.63, 3.8) is 0 Å². The van der Waals surface area contributed by atoms with Crippen molar-refractivity contribution >= 4 is 13.9 Å². The molecule has 0 aliphatic heterocycles. The molecule has 1 rings (SSSR count). The van der Waals surface area contributed by atoms with Gasteiger partial charge in [0.05, 0.1) is 7.11 Å². The molecule has 0 aliphatic carbocycles. The van der Waals surface area contributed by atoms with E-state index in [2.05, 4.69) is 0 Å². The third-order valence-electron chi connectivity index (χ3n) is 2.08. The first-order valence-corrected chi connectivity index (χ1v) is 6.59. The third kappa shape index (κ3) is 2.54. The van der Waals surface area contributed by atoms with E-state index in [1.807, 2.05) is 0 Å². The highest BCUT2D eigenvalue weighted by Gasteiger charge is 2.36. The average molecular weight is 216 g/mol. The number of halogens is 2. The summed E-state index contributed by atoms with van der Waals surface area (Å²) < 4.78 is 31.9. The fourth-order valence-electron chi connectivity index (χ4n) is 1.29. The average Bonchev–Trinajstić information content (AvgIpc) is 2.18. The van der Waals surface area contributed by atoms with Crippen LogP contribution in [-0.4, -0.2) is 15.9 Å². The molecular weight excluding hydrogens is 202 g/mol. The minimum absolute atomic E-state index is 0.0271. The lowest BCUT2D eigenvalue weighted by Gasteiger charge is -2.12. The second-order valence-corrected chi connectivity index (χ2v) is 5.67. The van der Waals surface area contributed by atoms with E-state index in [0.717, 1.165) is 0 Å². The molecule has 0 N–H and O–H groups in total. The lowest BCUT2D eigenvalue weighted by atomic mass is 10.3. The van der Waals surface area contributed by atoms with E-state index in [-0.39, 0.29) is 11.2 Å². The minimum Gasteiger partial charge on any atom is -0.497 e. The first-order chi connectivity index (χ1) is 6.60. The molecule has 1 nitrogen and oxygen atoms in total. The van der Waals surface area contributed by atoms with Gasteiger partial charge in [-0.3, -0.25) is 8.22 Å². The van der Waals surface area contributed by atoms with E-state index in [1.54, 1.807) is 19.1 Å². The Balaban J connectivity index is 2.85. The van der Waals surface area contributed by atoms with Crippen LogP contribution in [0.15, 0.2) is 24.3 Å². The molecule has 14 heavy (non-hydrogen) atoms. The molecule has 0 amide bonds. The number of ether oxygens (including phenoxy) is 1. The van der Waals surface area contributed by atoms with Crippen molar-refractivity contribution in [3.05, 3.63) is 24.3 Å². The first kappa shape index (κ1) is 11.2. The van der Waals surface area contributed by atoms with Gasteiger partial charge in [0, 0.05) is 11.2 Å². The SMILES string of the molecule is CCC[Si](F)(F)c1ccc(OC)cc1. The highest BCUT2D eigenvalue weighted by Crippen LogP contribution is 2.17. The van der Waals surface area contributed by atoms with Crippen LogP contribution in [-0.2, 0) is 0 Å². The Bertz CT molecular complexity index is 285. The molecule has 0 heterocycles. The summed E-state index contributed by atoms with van der Waals surface area (Å²) in [6.07, 6.45) is 0.533. The first-order valence-electron chi connectivity index (χ1n) is 4.62. The molecule has 0 aromatic heterocycles. The highest BCUT2D eigenvalue weighted by molar-refractivity contribution is 6.79. The summed E-state index contributed by atoms with van der Waals surface area (Å²) in [5.74, 6) is 0.620. The monoisotopic (exact) mass is 216 g/mol. The molecule has 1 aromatic carbocycles. The lowest BCUT2D eigenvalue weighted by molar-refractivity contribution is 0.415. The van der Waals surface area contributed by atoms with Gasteiger partial charge in [0.25, 0.3) is 0 Å². The molecule has 0 bridgehead atoms. The molecule has 78 valence electrons. The summed E-state index contributed by atoms with van der Waals surface area (Å²) in [5.41, 5.74) is 0. The van der Waals surface area contributed by atoms with Gasteiger partial charge in [0.1, 0.15) is 5.75 Å². The van der Waals surface area contributed by atoms with E-state index in [1.165, 1.54) is 19.2 Å². The fourth-order valence-corrected chi connectivity index (χ4v) is 2.86. The molecule has 0 saturated carbocycles. The van der Waals surface area contributed by atoms with Crippen molar-refractivity contribution in [2.75, 3.05) is 7.11 Å². The Morgan fingerprint density at radius 2 is 1.79 bits per heavy atom. The zero-order valence-corrected chi connectivity index (χ0v) is 9.39. The Morgan fingerprint density at radius 3 is 2.21 bits per heavy atom. The zero-order valence-electron chi connectivity index (χ0n) is 8.39. The number of rotatable bonds is 4. The zero-order chi connectivity index (χ0) is 10.6. The molecule has 0 spiro atoms. The van der Waals surface area contributed by atoms with Crippen LogP contribution in [0.25, 0.3) is 0 Å². The summed E-state index contributed by atoms with van der Waals surface area (Å²) in [7, 11) is -2.65. The smallest absolute Gasteiger partial charge is 0.455 e. The molecule has 0 atom stereocenters. The number of benzene rings is 1. The van der Waals surface area contributed by atoms with Crippen LogP contribution in [0.3, 0.4) is 0 Å². The summed E-state index contributed by atoms with van der Waals surface area (Å²) >= 11 is 0. The van der Waals surface area contributed by atoms with Gasteiger partial charge < -0.3 is 4.74 Å². The van der Waals surface area contributed by atoms with E-state index in [9.17, 15) is 8.22 Å². The van der Waals surface area contributed by atoms with E-state index < -0.39 is 8.74 Å². The molecule has 0 saturated heterocycles. The van der Waals surface area contributed by atoms with Crippen LogP contribution in [0.2, 0.25) is 6.04 Å². The van der Waals surface area contributed by atoms with E-state index in [4.69, 9.17) is 4.74 Å². The minimum atomic E-state index is -4.17. The van der Waals surface area contributed by atoms with Crippen molar-refractivity contribution in [3.8, 4) is 5.75 Å². The van der Waals surface area contributed by atoms with E-state index in [0.29, 0.717) is 12.2 Å². The van der Waals surface area contributed by atoms with Crippen molar-refractivity contribution in [2.24, 2.45) is 0 Å². The maximum absolute atomic E-state index is 13.5. The number of hydrogen-bond acceptors (Lipinski definition) is 1. The maximum Gasteiger partial charge on any atom is 0.455 e. The Labute approximate surface area is 84.1 Å². The fraction of sp³-hybridized carbons (Fsp3) is 0.400. The van der Waals surface area contributed by atoms with Gasteiger partial charge in [-0.05, 0) is 12.1 Å². The quantitative estimate of drug-likeness (QED) is 0.555. The van der Waals surface area contributed by atoms with Gasteiger partial charge in [-0.2, -0.15) is 0 Å². The van der Waals surface area contributed by atoms with Gasteiger partial charge in [0.2, 0.25) is 0 Å². The lowest BCUT2D eigenvalue weighted by Crippen LogP contribution is -2.38. The van der Waals surface area contributed by atoms with Crippen LogP contribution < -0.4 is 9.92 Å². The van der Waals surface area contributed by atoms with Crippen LogP contribution in [0.5, 0.6) is 5.75 Å². The number of methoxy groups -OCH3 is 1. The Morgan fingerprint density at radius 1 is 1.21 bits per heavy atom. The summed E-state index contributed by atoms with van der Waals surface area (Å²) in [6.45, 7) is 1.78.